The fraction of sp³-hybridized carbons (Fsp3) is 0.385. The number of rotatable bonds is 3. The molecule has 7 heteroatoms. The Labute approximate surface area is 115 Å². The second-order valence-corrected chi connectivity index (χ2v) is 4.37. The molecule has 0 spiro atoms. The van der Waals surface area contributed by atoms with Crippen molar-refractivity contribution < 1.29 is 24.2 Å². The first kappa shape index (κ1) is 14.0. The highest BCUT2D eigenvalue weighted by molar-refractivity contribution is 5.92. The van der Waals surface area contributed by atoms with Crippen LogP contribution in [-0.2, 0) is 4.79 Å². The van der Waals surface area contributed by atoms with Crippen molar-refractivity contribution in [2.45, 2.75) is 19.4 Å². The number of hydrogen-bond donors (Lipinski definition) is 3. The number of nitrogens with one attached hydrogen (secondary N) is 2. The van der Waals surface area contributed by atoms with Gasteiger partial charge in [0.25, 0.3) is 0 Å². The lowest BCUT2D eigenvalue weighted by atomic mass is 10.2. The van der Waals surface area contributed by atoms with Gasteiger partial charge in [0.2, 0.25) is 0 Å². The minimum Gasteiger partial charge on any atom is -0.490 e. The van der Waals surface area contributed by atoms with Crippen molar-refractivity contribution in [2.24, 2.45) is 0 Å². The Hall–Kier alpha value is -2.44. The lowest BCUT2D eigenvalue weighted by Gasteiger charge is -2.12. The first-order valence-electron chi connectivity index (χ1n) is 6.26. The third-order valence-corrected chi connectivity index (χ3v) is 2.72. The molecule has 2 rings (SSSR count). The van der Waals surface area contributed by atoms with E-state index >= 15 is 0 Å². The van der Waals surface area contributed by atoms with Crippen molar-refractivity contribution in [3.63, 3.8) is 0 Å². The molecule has 1 aromatic carbocycles. The average molecular weight is 280 g/mol. The molecule has 0 fully saturated rings. The van der Waals surface area contributed by atoms with Crippen LogP contribution in [0.1, 0.15) is 13.3 Å². The minimum atomic E-state index is -1.10. The topological polar surface area (TPSA) is 96.9 Å². The molecule has 1 atom stereocenters. The number of urea groups is 1. The first-order valence-corrected chi connectivity index (χ1v) is 6.26. The molecule has 20 heavy (non-hydrogen) atoms. The first-order chi connectivity index (χ1) is 9.56. The number of carboxylic acids is 1. The zero-order chi connectivity index (χ0) is 14.5. The highest BCUT2D eigenvalue weighted by atomic mass is 16.5. The van der Waals surface area contributed by atoms with Crippen molar-refractivity contribution in [3.8, 4) is 11.5 Å². The van der Waals surface area contributed by atoms with Gasteiger partial charge in [-0.15, -0.1) is 0 Å². The number of benzene rings is 1. The summed E-state index contributed by atoms with van der Waals surface area (Å²) in [5.41, 5.74) is 0.504. The van der Waals surface area contributed by atoms with Gasteiger partial charge >= 0.3 is 12.0 Å². The van der Waals surface area contributed by atoms with E-state index in [0.717, 1.165) is 6.42 Å². The number of ether oxygens (including phenoxy) is 2. The summed E-state index contributed by atoms with van der Waals surface area (Å²) in [5, 5.41) is 13.6. The summed E-state index contributed by atoms with van der Waals surface area (Å²) in [4.78, 5) is 22.2. The maximum absolute atomic E-state index is 11.6. The Morgan fingerprint density at radius 3 is 2.65 bits per heavy atom. The van der Waals surface area contributed by atoms with Gasteiger partial charge in [-0.25, -0.2) is 4.79 Å². The molecule has 0 aromatic heterocycles. The Balaban J connectivity index is 2.01. The fourth-order valence-corrected chi connectivity index (χ4v) is 1.67. The van der Waals surface area contributed by atoms with Gasteiger partial charge in [0.15, 0.2) is 11.5 Å². The number of fused-ring (bicyclic) bond motifs is 1. The number of aliphatic carboxylic acids is 1. The zero-order valence-electron chi connectivity index (χ0n) is 11.0. The monoisotopic (exact) mass is 280 g/mol. The molecular weight excluding hydrogens is 264 g/mol. The van der Waals surface area contributed by atoms with Crippen molar-refractivity contribution in [3.05, 3.63) is 18.2 Å². The molecule has 1 aliphatic rings. The SMILES string of the molecule is C[C@@H](NC(=O)Nc1ccc2c(c1)OCCCO2)C(=O)O. The lowest BCUT2D eigenvalue weighted by Crippen LogP contribution is -2.40. The normalized spacial score (nSPS) is 14.8. The molecule has 0 saturated carbocycles. The van der Waals surface area contributed by atoms with Crippen LogP contribution in [0.4, 0.5) is 10.5 Å². The van der Waals surface area contributed by atoms with E-state index in [9.17, 15) is 9.59 Å². The van der Waals surface area contributed by atoms with Crippen LogP contribution in [-0.4, -0.2) is 36.4 Å². The maximum Gasteiger partial charge on any atom is 0.325 e. The van der Waals surface area contributed by atoms with Gasteiger partial charge in [-0.2, -0.15) is 0 Å². The molecule has 2 amide bonds. The highest BCUT2D eigenvalue weighted by Gasteiger charge is 2.15. The molecule has 0 bridgehead atoms. The molecule has 1 aliphatic heterocycles. The third-order valence-electron chi connectivity index (χ3n) is 2.72. The van der Waals surface area contributed by atoms with E-state index in [4.69, 9.17) is 14.6 Å². The van der Waals surface area contributed by atoms with Crippen LogP contribution < -0.4 is 20.1 Å². The molecule has 0 radical (unpaired) electrons. The summed E-state index contributed by atoms with van der Waals surface area (Å²) < 4.78 is 11.0. The van der Waals surface area contributed by atoms with Gasteiger partial charge in [0.1, 0.15) is 6.04 Å². The van der Waals surface area contributed by atoms with Crippen molar-refractivity contribution in [1.29, 1.82) is 0 Å². The number of hydrogen-bond acceptors (Lipinski definition) is 4. The number of carbonyl (C=O) groups is 2. The van der Waals surface area contributed by atoms with E-state index in [1.54, 1.807) is 18.2 Å². The molecule has 108 valence electrons. The van der Waals surface area contributed by atoms with Crippen LogP contribution >= 0.6 is 0 Å². The third kappa shape index (κ3) is 3.53. The molecule has 3 N–H and O–H groups in total. The van der Waals surface area contributed by atoms with Gasteiger partial charge in [0, 0.05) is 18.2 Å². The number of amides is 2. The van der Waals surface area contributed by atoms with Gasteiger partial charge in [-0.05, 0) is 19.1 Å². The molecule has 0 aliphatic carbocycles. The number of anilines is 1. The van der Waals surface area contributed by atoms with Crippen LogP contribution in [0.3, 0.4) is 0 Å². The Bertz CT molecular complexity index is 517. The van der Waals surface area contributed by atoms with Crippen LogP contribution in [0, 0.1) is 0 Å². The summed E-state index contributed by atoms with van der Waals surface area (Å²) in [6, 6.07) is 3.46. The van der Waals surface area contributed by atoms with E-state index in [1.807, 2.05) is 0 Å². The van der Waals surface area contributed by atoms with E-state index in [0.29, 0.717) is 30.4 Å². The Morgan fingerprint density at radius 1 is 1.25 bits per heavy atom. The van der Waals surface area contributed by atoms with Crippen LogP contribution in [0.5, 0.6) is 11.5 Å². The summed E-state index contributed by atoms with van der Waals surface area (Å²) in [6.45, 7) is 2.53. The van der Waals surface area contributed by atoms with Crippen LogP contribution in [0.25, 0.3) is 0 Å². The maximum atomic E-state index is 11.6. The minimum absolute atomic E-state index is 0.504. The van der Waals surface area contributed by atoms with Gasteiger partial charge in [-0.3, -0.25) is 4.79 Å². The predicted molar refractivity (Wildman–Crippen MR) is 71.3 cm³/mol. The standard InChI is InChI=1S/C13H16N2O5/c1-8(12(16)17)14-13(18)15-9-3-4-10-11(7-9)20-6-2-5-19-10/h3-4,7-8H,2,5-6H2,1H3,(H,16,17)(H2,14,15,18)/t8-/m1/s1. The Morgan fingerprint density at radius 2 is 1.95 bits per heavy atom. The van der Waals surface area contributed by atoms with Gasteiger partial charge in [0.05, 0.1) is 13.2 Å². The quantitative estimate of drug-likeness (QED) is 0.778. The molecule has 0 saturated heterocycles. The molecule has 1 heterocycles. The summed E-state index contributed by atoms with van der Waals surface area (Å²) in [7, 11) is 0. The molecule has 1 aromatic rings. The number of carbonyl (C=O) groups excluding carboxylic acids is 1. The van der Waals surface area contributed by atoms with Crippen molar-refractivity contribution in [1.82, 2.24) is 5.32 Å². The predicted octanol–water partition coefficient (Wildman–Crippen LogP) is 1.44. The van der Waals surface area contributed by atoms with Crippen LogP contribution in [0.15, 0.2) is 18.2 Å². The zero-order valence-corrected chi connectivity index (χ0v) is 11.0. The summed E-state index contributed by atoms with van der Waals surface area (Å²) in [5.74, 6) is 0.0951. The number of carboxylic acid groups (broad SMARTS) is 1. The van der Waals surface area contributed by atoms with Crippen molar-refractivity contribution >= 4 is 17.7 Å². The second-order valence-electron chi connectivity index (χ2n) is 4.37. The van der Waals surface area contributed by atoms with Crippen LogP contribution in [0.2, 0.25) is 0 Å². The van der Waals surface area contributed by atoms with Gasteiger partial charge < -0.3 is 25.2 Å². The fourth-order valence-electron chi connectivity index (χ4n) is 1.67. The van der Waals surface area contributed by atoms with E-state index in [2.05, 4.69) is 10.6 Å². The second kappa shape index (κ2) is 6.14. The van der Waals surface area contributed by atoms with Crippen molar-refractivity contribution in [2.75, 3.05) is 18.5 Å². The average Bonchev–Trinajstić information content (AvgIpc) is 2.63. The Kier molecular flexibility index (Phi) is 4.29. The smallest absolute Gasteiger partial charge is 0.325 e. The molecule has 0 unspecified atom stereocenters. The summed E-state index contributed by atoms with van der Waals surface area (Å²) >= 11 is 0. The van der Waals surface area contributed by atoms with E-state index in [1.165, 1.54) is 6.92 Å². The summed E-state index contributed by atoms with van der Waals surface area (Å²) in [6.07, 6.45) is 0.800. The molecule has 7 nitrogen and oxygen atoms in total. The lowest BCUT2D eigenvalue weighted by molar-refractivity contribution is -0.138. The molecular formula is C13H16N2O5. The highest BCUT2D eigenvalue weighted by Crippen LogP contribution is 2.32. The largest absolute Gasteiger partial charge is 0.490 e. The van der Waals surface area contributed by atoms with E-state index < -0.39 is 18.0 Å². The van der Waals surface area contributed by atoms with E-state index in [-0.39, 0.29) is 0 Å². The van der Waals surface area contributed by atoms with Gasteiger partial charge in [-0.1, -0.05) is 0 Å².